The van der Waals surface area contributed by atoms with Crippen LogP contribution in [0.5, 0.6) is 6.01 Å². The lowest BCUT2D eigenvalue weighted by Crippen LogP contribution is -2.38. The fourth-order valence-electron chi connectivity index (χ4n) is 6.55. The molecular formula is C31H38N8O. The van der Waals surface area contributed by atoms with Crippen LogP contribution in [0.3, 0.4) is 0 Å². The number of hydrogen-bond donors (Lipinski definition) is 0. The van der Waals surface area contributed by atoms with Crippen LogP contribution in [-0.4, -0.2) is 70.2 Å². The van der Waals surface area contributed by atoms with E-state index in [4.69, 9.17) is 14.7 Å². The summed E-state index contributed by atoms with van der Waals surface area (Å²) in [6.45, 7) is 8.00. The van der Waals surface area contributed by atoms with Gasteiger partial charge in [-0.2, -0.15) is 9.97 Å². The molecule has 7 rings (SSSR count). The fourth-order valence-corrected chi connectivity index (χ4v) is 6.55. The maximum atomic E-state index is 6.41. The van der Waals surface area contributed by atoms with E-state index in [2.05, 4.69) is 82.4 Å². The molecule has 2 aliphatic heterocycles. The highest BCUT2D eigenvalue weighted by Crippen LogP contribution is 2.46. The lowest BCUT2D eigenvalue weighted by molar-refractivity contribution is 0.182. The Bertz CT molecular complexity index is 1540. The summed E-state index contributed by atoms with van der Waals surface area (Å²) in [5.74, 6) is 1.01. The van der Waals surface area contributed by atoms with Gasteiger partial charge in [-0.25, -0.2) is 4.68 Å². The van der Waals surface area contributed by atoms with Crippen LogP contribution in [0.25, 0.3) is 10.8 Å². The van der Waals surface area contributed by atoms with Crippen molar-refractivity contribution >= 4 is 22.3 Å². The van der Waals surface area contributed by atoms with E-state index in [9.17, 15) is 0 Å². The maximum absolute atomic E-state index is 6.41. The molecule has 40 heavy (non-hydrogen) atoms. The van der Waals surface area contributed by atoms with Crippen molar-refractivity contribution in [2.45, 2.75) is 52.2 Å². The number of aromatic nitrogens is 5. The van der Waals surface area contributed by atoms with Gasteiger partial charge in [0.1, 0.15) is 5.82 Å². The zero-order valence-corrected chi connectivity index (χ0v) is 23.8. The second-order valence-electron chi connectivity index (χ2n) is 12.0. The third-order valence-corrected chi connectivity index (χ3v) is 8.76. The Labute approximate surface area is 235 Å². The molecule has 1 saturated carbocycles. The normalized spacial score (nSPS) is 17.7. The summed E-state index contributed by atoms with van der Waals surface area (Å²) in [6, 6.07) is 13.8. The molecule has 0 atom stereocenters. The van der Waals surface area contributed by atoms with Gasteiger partial charge in [-0.3, -0.25) is 0 Å². The largest absolute Gasteiger partial charge is 0.463 e. The first-order valence-corrected chi connectivity index (χ1v) is 14.6. The van der Waals surface area contributed by atoms with Gasteiger partial charge in [-0.1, -0.05) is 42.5 Å². The predicted octanol–water partition coefficient (Wildman–Crippen LogP) is 4.09. The van der Waals surface area contributed by atoms with Crippen molar-refractivity contribution in [2.75, 3.05) is 50.1 Å². The molecule has 0 unspecified atom stereocenters. The van der Waals surface area contributed by atoms with E-state index in [0.717, 1.165) is 69.3 Å². The molecule has 1 aliphatic carbocycles. The Hall–Kier alpha value is -3.72. The van der Waals surface area contributed by atoms with Crippen LogP contribution < -0.4 is 14.5 Å². The molecule has 9 heteroatoms. The van der Waals surface area contributed by atoms with Crippen LogP contribution in [0, 0.1) is 5.41 Å². The molecular weight excluding hydrogens is 500 g/mol. The monoisotopic (exact) mass is 538 g/mol. The van der Waals surface area contributed by atoms with Gasteiger partial charge in [-0.05, 0) is 56.8 Å². The highest BCUT2D eigenvalue weighted by Gasteiger charge is 2.44. The maximum Gasteiger partial charge on any atom is 0.318 e. The van der Waals surface area contributed by atoms with E-state index in [1.54, 1.807) is 0 Å². The number of hydrogen-bond acceptors (Lipinski definition) is 8. The zero-order valence-electron chi connectivity index (χ0n) is 23.8. The van der Waals surface area contributed by atoms with Crippen LogP contribution in [0.15, 0.2) is 42.6 Å². The molecule has 0 N–H and O–H groups in total. The van der Waals surface area contributed by atoms with E-state index < -0.39 is 0 Å². The lowest BCUT2D eigenvalue weighted by atomic mass is 9.98. The molecule has 2 aromatic heterocycles. The Morgan fingerprint density at radius 1 is 0.975 bits per heavy atom. The van der Waals surface area contributed by atoms with E-state index in [1.165, 1.54) is 40.4 Å². The number of aryl methyl sites for hydroxylation is 1. The van der Waals surface area contributed by atoms with E-state index in [-0.39, 0.29) is 5.41 Å². The number of fused-ring (bicyclic) bond motifs is 3. The van der Waals surface area contributed by atoms with Gasteiger partial charge in [-0.15, -0.1) is 5.10 Å². The summed E-state index contributed by atoms with van der Waals surface area (Å²) in [6.07, 6.45) is 6.16. The first-order valence-electron chi connectivity index (χ1n) is 14.6. The van der Waals surface area contributed by atoms with Crippen LogP contribution in [-0.2, 0) is 32.5 Å². The summed E-state index contributed by atoms with van der Waals surface area (Å²) in [7, 11) is 4.27. The lowest BCUT2D eigenvalue weighted by Gasteiger charge is -2.35. The Morgan fingerprint density at radius 3 is 2.62 bits per heavy atom. The average Bonchev–Trinajstić information content (AvgIpc) is 3.56. The summed E-state index contributed by atoms with van der Waals surface area (Å²) in [5.41, 5.74) is 6.34. The van der Waals surface area contributed by atoms with Crippen molar-refractivity contribution in [1.82, 2.24) is 29.9 Å². The van der Waals surface area contributed by atoms with Crippen molar-refractivity contribution in [2.24, 2.45) is 5.41 Å². The van der Waals surface area contributed by atoms with Crippen molar-refractivity contribution < 1.29 is 4.74 Å². The molecule has 208 valence electrons. The SMILES string of the molecule is CCc1cccc2cccc(N3CCc4c(nc(OCC5(CN(C)C)CC5)nc4N4CCn5nncc5C4)C3)c12. The van der Waals surface area contributed by atoms with E-state index in [0.29, 0.717) is 12.6 Å². The standard InChI is InChI=1S/C31H38N8O/c1-4-22-7-5-8-23-9-6-10-27(28(22)23)37-14-11-25-26(19-37)33-30(40-21-31(12-13-31)20-36(2)3)34-29(25)38-15-16-39-24(18-38)17-32-35-39/h5-10,17H,4,11-16,18-21H2,1-3H3. The van der Waals surface area contributed by atoms with Crippen LogP contribution in [0.1, 0.15) is 42.3 Å². The van der Waals surface area contributed by atoms with Crippen molar-refractivity contribution in [3.63, 3.8) is 0 Å². The van der Waals surface area contributed by atoms with Crippen LogP contribution in [0.4, 0.5) is 11.5 Å². The molecule has 2 aromatic carbocycles. The molecule has 1 fully saturated rings. The minimum Gasteiger partial charge on any atom is -0.463 e. The molecule has 0 saturated heterocycles. The van der Waals surface area contributed by atoms with Gasteiger partial charge in [0.2, 0.25) is 0 Å². The molecule has 0 radical (unpaired) electrons. The topological polar surface area (TPSA) is 75.4 Å². The van der Waals surface area contributed by atoms with Gasteiger partial charge in [0, 0.05) is 41.7 Å². The molecule has 3 aliphatic rings. The second-order valence-corrected chi connectivity index (χ2v) is 12.0. The third kappa shape index (κ3) is 4.66. The highest BCUT2D eigenvalue weighted by atomic mass is 16.5. The Balaban J connectivity index is 1.24. The van der Waals surface area contributed by atoms with Crippen molar-refractivity contribution in [3.8, 4) is 6.01 Å². The summed E-state index contributed by atoms with van der Waals surface area (Å²) in [5, 5.41) is 11.0. The van der Waals surface area contributed by atoms with E-state index in [1.807, 2.05) is 10.9 Å². The Morgan fingerprint density at radius 2 is 1.82 bits per heavy atom. The third-order valence-electron chi connectivity index (χ3n) is 8.76. The molecule has 4 heterocycles. The first-order chi connectivity index (χ1) is 19.5. The summed E-state index contributed by atoms with van der Waals surface area (Å²) in [4.78, 5) is 17.2. The number of anilines is 2. The van der Waals surface area contributed by atoms with E-state index >= 15 is 0 Å². The zero-order chi connectivity index (χ0) is 27.3. The molecule has 0 bridgehead atoms. The average molecular weight is 539 g/mol. The quantitative estimate of drug-likeness (QED) is 0.332. The summed E-state index contributed by atoms with van der Waals surface area (Å²) < 4.78 is 8.40. The number of benzene rings is 2. The summed E-state index contributed by atoms with van der Waals surface area (Å²) >= 11 is 0. The number of rotatable bonds is 8. The predicted molar refractivity (Wildman–Crippen MR) is 157 cm³/mol. The highest BCUT2D eigenvalue weighted by molar-refractivity contribution is 5.97. The minimum absolute atomic E-state index is 0.220. The van der Waals surface area contributed by atoms with Gasteiger partial charge in [0.15, 0.2) is 0 Å². The van der Waals surface area contributed by atoms with Gasteiger partial charge in [0.25, 0.3) is 0 Å². The van der Waals surface area contributed by atoms with Gasteiger partial charge < -0.3 is 19.4 Å². The first kappa shape index (κ1) is 25.3. The number of ether oxygens (including phenoxy) is 1. The molecule has 9 nitrogen and oxygen atoms in total. The van der Waals surface area contributed by atoms with Gasteiger partial charge in [0.05, 0.1) is 43.8 Å². The smallest absolute Gasteiger partial charge is 0.318 e. The Kier molecular flexibility index (Phi) is 6.34. The van der Waals surface area contributed by atoms with Crippen molar-refractivity contribution in [1.29, 1.82) is 0 Å². The van der Waals surface area contributed by atoms with Crippen LogP contribution in [0.2, 0.25) is 0 Å². The molecule has 0 spiro atoms. The van der Waals surface area contributed by atoms with Crippen molar-refractivity contribution in [3.05, 3.63) is 65.1 Å². The molecule has 0 amide bonds. The van der Waals surface area contributed by atoms with Crippen LogP contribution >= 0.6 is 0 Å². The minimum atomic E-state index is 0.220. The second kappa shape index (κ2) is 10.0. The van der Waals surface area contributed by atoms with Gasteiger partial charge >= 0.3 is 6.01 Å². The number of nitrogens with zero attached hydrogens (tertiary/aromatic N) is 8. The fraction of sp³-hybridized carbons (Fsp3) is 0.484. The molecule has 4 aromatic rings.